The molecule has 2 aromatic rings. The number of nitrogens with zero attached hydrogens (tertiary/aromatic N) is 2. The van der Waals surface area contributed by atoms with Crippen molar-refractivity contribution in [2.75, 3.05) is 23.7 Å². The van der Waals surface area contributed by atoms with Gasteiger partial charge in [0.15, 0.2) is 0 Å². The zero-order valence-corrected chi connectivity index (χ0v) is 13.2. The minimum Gasteiger partial charge on any atom is -0.386 e. The number of nitrogens with one attached hydrogen (secondary N) is 2. The van der Waals surface area contributed by atoms with Gasteiger partial charge in [-0.1, -0.05) is 24.3 Å². The molecule has 2 rings (SSSR count). The molecule has 0 fully saturated rings. The molecule has 2 aromatic carbocycles. The van der Waals surface area contributed by atoms with Crippen molar-refractivity contribution in [2.24, 2.45) is 0 Å². The van der Waals surface area contributed by atoms with Crippen LogP contribution in [0.1, 0.15) is 20.7 Å². The SMILES string of the molecule is N#CCNc1ccccc1C(=O)OC(=O)c1ccccc1NCC#N. The summed E-state index contributed by atoms with van der Waals surface area (Å²) in [5.41, 5.74) is 1.10. The number of carbonyl (C=O) groups excluding carboxylic acids is 2. The summed E-state index contributed by atoms with van der Waals surface area (Å²) in [5, 5.41) is 22.8. The van der Waals surface area contributed by atoms with Crippen LogP contribution in [0.5, 0.6) is 0 Å². The van der Waals surface area contributed by atoms with Crippen molar-refractivity contribution in [3.8, 4) is 12.1 Å². The number of para-hydroxylation sites is 2. The Morgan fingerprint density at radius 2 is 1.20 bits per heavy atom. The highest BCUT2D eigenvalue weighted by atomic mass is 16.6. The van der Waals surface area contributed by atoms with Crippen LogP contribution in [0.2, 0.25) is 0 Å². The van der Waals surface area contributed by atoms with Crippen LogP contribution in [0.3, 0.4) is 0 Å². The largest absolute Gasteiger partial charge is 0.386 e. The van der Waals surface area contributed by atoms with Crippen molar-refractivity contribution in [3.63, 3.8) is 0 Å². The molecule has 0 atom stereocenters. The van der Waals surface area contributed by atoms with Crippen LogP contribution in [0, 0.1) is 22.7 Å². The summed E-state index contributed by atoms with van der Waals surface area (Å²) < 4.78 is 4.94. The monoisotopic (exact) mass is 334 g/mol. The maximum Gasteiger partial charge on any atom is 0.348 e. The lowest BCUT2D eigenvalue weighted by Gasteiger charge is -2.11. The molecule has 0 unspecified atom stereocenters. The summed E-state index contributed by atoms with van der Waals surface area (Å²) in [6.45, 7) is 0.0261. The molecule has 0 aliphatic carbocycles. The highest BCUT2D eigenvalue weighted by Gasteiger charge is 2.19. The van der Waals surface area contributed by atoms with Crippen LogP contribution < -0.4 is 10.6 Å². The highest BCUT2D eigenvalue weighted by Crippen LogP contribution is 2.19. The Balaban J connectivity index is 2.18. The fraction of sp³-hybridized carbons (Fsp3) is 0.111. The van der Waals surface area contributed by atoms with Crippen molar-refractivity contribution in [1.82, 2.24) is 0 Å². The summed E-state index contributed by atoms with van der Waals surface area (Å²) in [6.07, 6.45) is 0. The first-order chi connectivity index (χ1) is 12.2. The second-order valence-corrected chi connectivity index (χ2v) is 4.79. The average molecular weight is 334 g/mol. The highest BCUT2D eigenvalue weighted by molar-refractivity contribution is 6.07. The van der Waals surface area contributed by atoms with E-state index in [2.05, 4.69) is 10.6 Å². The van der Waals surface area contributed by atoms with Gasteiger partial charge in [-0.3, -0.25) is 0 Å². The average Bonchev–Trinajstić information content (AvgIpc) is 2.65. The van der Waals surface area contributed by atoms with Gasteiger partial charge in [-0.2, -0.15) is 10.5 Å². The summed E-state index contributed by atoms with van der Waals surface area (Å²) >= 11 is 0. The quantitative estimate of drug-likeness (QED) is 0.474. The fourth-order valence-electron chi connectivity index (χ4n) is 2.09. The normalized spacial score (nSPS) is 9.36. The number of anilines is 2. The van der Waals surface area contributed by atoms with Crippen molar-refractivity contribution in [1.29, 1.82) is 10.5 Å². The third-order valence-corrected chi connectivity index (χ3v) is 3.20. The molecule has 0 bridgehead atoms. The molecular weight excluding hydrogens is 320 g/mol. The third kappa shape index (κ3) is 4.57. The minimum absolute atomic E-state index is 0.0130. The van der Waals surface area contributed by atoms with Gasteiger partial charge in [0.1, 0.15) is 13.1 Å². The molecule has 0 saturated carbocycles. The first kappa shape index (κ1) is 17.5. The molecule has 0 saturated heterocycles. The molecule has 0 spiro atoms. The fourth-order valence-corrected chi connectivity index (χ4v) is 2.09. The number of hydrogen-bond donors (Lipinski definition) is 2. The van der Waals surface area contributed by atoms with Gasteiger partial charge in [-0.05, 0) is 24.3 Å². The van der Waals surface area contributed by atoms with Gasteiger partial charge in [0.2, 0.25) is 0 Å². The smallest absolute Gasteiger partial charge is 0.348 e. The van der Waals surface area contributed by atoms with E-state index in [0.29, 0.717) is 11.4 Å². The first-order valence-electron chi connectivity index (χ1n) is 7.33. The van der Waals surface area contributed by atoms with Crippen LogP contribution in [-0.4, -0.2) is 25.0 Å². The van der Waals surface area contributed by atoms with Gasteiger partial charge in [0.25, 0.3) is 0 Å². The Morgan fingerprint density at radius 1 is 0.800 bits per heavy atom. The molecule has 0 aliphatic heterocycles. The van der Waals surface area contributed by atoms with E-state index in [-0.39, 0.29) is 24.2 Å². The zero-order valence-electron chi connectivity index (χ0n) is 13.2. The van der Waals surface area contributed by atoms with Gasteiger partial charge in [-0.15, -0.1) is 0 Å². The second kappa shape index (κ2) is 8.70. The molecule has 0 heterocycles. The van der Waals surface area contributed by atoms with E-state index >= 15 is 0 Å². The number of esters is 2. The van der Waals surface area contributed by atoms with E-state index < -0.39 is 11.9 Å². The second-order valence-electron chi connectivity index (χ2n) is 4.79. The predicted octanol–water partition coefficient (Wildman–Crippen LogP) is 2.55. The molecule has 25 heavy (non-hydrogen) atoms. The standard InChI is InChI=1S/C18H14N4O3/c19-9-11-21-15-7-3-1-5-13(15)17(23)25-18(24)14-6-2-4-8-16(14)22-12-10-20/h1-8,21-22H,11-12H2. The predicted molar refractivity (Wildman–Crippen MR) is 90.8 cm³/mol. The van der Waals surface area contributed by atoms with Crippen molar-refractivity contribution >= 4 is 23.3 Å². The maximum atomic E-state index is 12.3. The molecule has 7 heteroatoms. The Morgan fingerprint density at radius 3 is 1.60 bits per heavy atom. The van der Waals surface area contributed by atoms with E-state index in [1.807, 2.05) is 12.1 Å². The maximum absolute atomic E-state index is 12.3. The van der Waals surface area contributed by atoms with Gasteiger partial charge in [0, 0.05) is 11.4 Å². The Kier molecular flexibility index (Phi) is 6.10. The zero-order chi connectivity index (χ0) is 18.1. The van der Waals surface area contributed by atoms with E-state index in [1.54, 1.807) is 36.4 Å². The molecular formula is C18H14N4O3. The molecule has 2 N–H and O–H groups in total. The number of carbonyl (C=O) groups is 2. The number of rotatable bonds is 6. The van der Waals surface area contributed by atoms with Gasteiger partial charge < -0.3 is 15.4 Å². The Bertz CT molecular complexity index is 794. The van der Waals surface area contributed by atoms with Crippen LogP contribution >= 0.6 is 0 Å². The number of ether oxygens (including phenoxy) is 1. The van der Waals surface area contributed by atoms with Crippen molar-refractivity contribution in [2.45, 2.75) is 0 Å². The third-order valence-electron chi connectivity index (χ3n) is 3.20. The lowest BCUT2D eigenvalue weighted by Crippen LogP contribution is -2.16. The van der Waals surface area contributed by atoms with Crippen LogP contribution in [-0.2, 0) is 4.74 Å². The first-order valence-corrected chi connectivity index (χ1v) is 7.33. The Hall–Kier alpha value is -3.84. The number of nitriles is 2. The van der Waals surface area contributed by atoms with E-state index in [4.69, 9.17) is 15.3 Å². The molecule has 0 amide bonds. The van der Waals surface area contributed by atoms with E-state index in [9.17, 15) is 9.59 Å². The van der Waals surface area contributed by atoms with E-state index in [1.165, 1.54) is 12.1 Å². The molecule has 0 radical (unpaired) electrons. The molecule has 0 aliphatic rings. The summed E-state index contributed by atoms with van der Waals surface area (Å²) in [5.74, 6) is -1.66. The summed E-state index contributed by atoms with van der Waals surface area (Å²) in [6, 6.07) is 16.7. The summed E-state index contributed by atoms with van der Waals surface area (Å²) in [4.78, 5) is 24.6. The van der Waals surface area contributed by atoms with Crippen LogP contribution in [0.25, 0.3) is 0 Å². The number of hydrogen-bond acceptors (Lipinski definition) is 7. The topological polar surface area (TPSA) is 115 Å². The van der Waals surface area contributed by atoms with Crippen LogP contribution in [0.4, 0.5) is 11.4 Å². The van der Waals surface area contributed by atoms with E-state index in [0.717, 1.165) is 0 Å². The molecule has 0 aromatic heterocycles. The van der Waals surface area contributed by atoms with Gasteiger partial charge in [-0.25, -0.2) is 9.59 Å². The van der Waals surface area contributed by atoms with Crippen LogP contribution in [0.15, 0.2) is 48.5 Å². The lowest BCUT2D eigenvalue weighted by atomic mass is 10.1. The van der Waals surface area contributed by atoms with Crippen molar-refractivity contribution in [3.05, 3.63) is 59.7 Å². The number of benzene rings is 2. The Labute approximate surface area is 144 Å². The lowest BCUT2D eigenvalue weighted by molar-refractivity contribution is 0.0399. The summed E-state index contributed by atoms with van der Waals surface area (Å²) in [7, 11) is 0. The molecule has 124 valence electrons. The van der Waals surface area contributed by atoms with Gasteiger partial charge >= 0.3 is 11.9 Å². The van der Waals surface area contributed by atoms with Crippen molar-refractivity contribution < 1.29 is 14.3 Å². The van der Waals surface area contributed by atoms with Gasteiger partial charge in [0.05, 0.1) is 23.3 Å². The molecule has 7 nitrogen and oxygen atoms in total. The minimum atomic E-state index is -0.832.